The third-order valence-corrected chi connectivity index (χ3v) is 5.93. The van der Waals surface area contributed by atoms with Gasteiger partial charge in [0.1, 0.15) is 11.3 Å². The quantitative estimate of drug-likeness (QED) is 0.501. The van der Waals surface area contributed by atoms with Gasteiger partial charge >= 0.3 is 0 Å². The highest BCUT2D eigenvalue weighted by atomic mass is 16.3. The summed E-state index contributed by atoms with van der Waals surface area (Å²) in [6, 6.07) is 19.3. The van der Waals surface area contributed by atoms with Gasteiger partial charge in [-0.15, -0.1) is 0 Å². The lowest BCUT2D eigenvalue weighted by Crippen LogP contribution is -2.41. The number of fused-ring (bicyclic) bond motifs is 1. The van der Waals surface area contributed by atoms with Crippen molar-refractivity contribution in [2.24, 2.45) is 5.92 Å². The summed E-state index contributed by atoms with van der Waals surface area (Å²) in [6.07, 6.45) is 2.68. The summed E-state index contributed by atoms with van der Waals surface area (Å²) in [4.78, 5) is 39.6. The molecule has 0 saturated carbocycles. The molecule has 33 heavy (non-hydrogen) atoms. The Morgan fingerprint density at radius 3 is 2.55 bits per heavy atom. The summed E-state index contributed by atoms with van der Waals surface area (Å²) in [6.45, 7) is 0.833. The largest absolute Gasteiger partial charge is 0.464 e. The van der Waals surface area contributed by atoms with Crippen molar-refractivity contribution in [1.29, 1.82) is 0 Å². The number of nitrogens with one attached hydrogen (secondary N) is 1. The fraction of sp³-hybridized carbons (Fsp3) is 0.192. The van der Waals surface area contributed by atoms with E-state index in [0.29, 0.717) is 42.6 Å². The Hall–Kier alpha value is -4.13. The number of furan rings is 1. The van der Waals surface area contributed by atoms with Gasteiger partial charge in [0.25, 0.3) is 5.91 Å². The fourth-order valence-corrected chi connectivity index (χ4v) is 4.15. The van der Waals surface area contributed by atoms with Crippen molar-refractivity contribution in [3.8, 4) is 11.3 Å². The molecule has 1 aliphatic heterocycles. The van der Waals surface area contributed by atoms with Crippen LogP contribution in [0, 0.1) is 5.92 Å². The van der Waals surface area contributed by atoms with Crippen molar-refractivity contribution in [2.75, 3.05) is 18.4 Å². The zero-order chi connectivity index (χ0) is 22.8. The van der Waals surface area contributed by atoms with Crippen LogP contribution in [-0.4, -0.2) is 29.8 Å². The number of para-hydroxylation sites is 1. The van der Waals surface area contributed by atoms with E-state index in [9.17, 15) is 14.4 Å². The Morgan fingerprint density at radius 2 is 1.76 bits per heavy atom. The van der Waals surface area contributed by atoms with Crippen molar-refractivity contribution >= 4 is 28.5 Å². The molecule has 0 aliphatic carbocycles. The molecule has 1 aliphatic rings. The van der Waals surface area contributed by atoms with E-state index in [0.717, 1.165) is 11.3 Å². The molecule has 0 radical (unpaired) electrons. The predicted molar refractivity (Wildman–Crippen MR) is 124 cm³/mol. The Labute approximate surface area is 189 Å². The molecule has 2 amide bonds. The van der Waals surface area contributed by atoms with E-state index in [-0.39, 0.29) is 28.9 Å². The van der Waals surface area contributed by atoms with E-state index >= 15 is 0 Å². The molecule has 3 heterocycles. The van der Waals surface area contributed by atoms with Crippen LogP contribution in [-0.2, 0) is 4.79 Å². The molecule has 2 aromatic heterocycles. The number of nitrogens with zero attached hydrogens (tertiary/aromatic N) is 1. The summed E-state index contributed by atoms with van der Waals surface area (Å²) in [5, 5.41) is 3.42. The molecular weight excluding hydrogens is 420 g/mol. The second-order valence-corrected chi connectivity index (χ2v) is 8.08. The molecule has 166 valence electrons. The van der Waals surface area contributed by atoms with E-state index < -0.39 is 0 Å². The molecule has 0 bridgehead atoms. The molecular formula is C26H22N2O5. The Balaban J connectivity index is 1.22. The number of piperidine rings is 1. The number of rotatable bonds is 4. The second kappa shape index (κ2) is 8.78. The van der Waals surface area contributed by atoms with Gasteiger partial charge in [-0.2, -0.15) is 0 Å². The summed E-state index contributed by atoms with van der Waals surface area (Å²) in [7, 11) is 0. The van der Waals surface area contributed by atoms with Gasteiger partial charge < -0.3 is 19.1 Å². The van der Waals surface area contributed by atoms with Gasteiger partial charge in [0, 0.05) is 36.3 Å². The zero-order valence-electron chi connectivity index (χ0n) is 17.8. The van der Waals surface area contributed by atoms with Crippen LogP contribution in [0.25, 0.3) is 22.3 Å². The van der Waals surface area contributed by atoms with E-state index in [1.165, 1.54) is 6.07 Å². The smallest absolute Gasteiger partial charge is 0.289 e. The van der Waals surface area contributed by atoms with E-state index in [2.05, 4.69) is 5.32 Å². The van der Waals surface area contributed by atoms with Crippen LogP contribution < -0.4 is 10.7 Å². The SMILES string of the molecule is O=C(Nc1cccc(-c2ccco2)c1)C1CCN(C(=O)c2cc(=O)c3ccccc3o2)CC1. The molecule has 0 unspecified atom stereocenters. The summed E-state index contributed by atoms with van der Waals surface area (Å²) < 4.78 is 11.1. The minimum absolute atomic E-state index is 0.0244. The summed E-state index contributed by atoms with van der Waals surface area (Å²) in [5.74, 6) is 0.151. The van der Waals surface area contributed by atoms with Crippen molar-refractivity contribution < 1.29 is 18.4 Å². The normalized spacial score (nSPS) is 14.4. The van der Waals surface area contributed by atoms with Crippen molar-refractivity contribution in [3.63, 3.8) is 0 Å². The van der Waals surface area contributed by atoms with Crippen LogP contribution in [0.4, 0.5) is 5.69 Å². The number of likely N-dealkylation sites (tertiary alicyclic amines) is 1. The standard InChI is InChI=1S/C26H22N2O5/c29-21-16-24(33-23-8-2-1-7-20(21)23)26(31)28-12-10-17(11-13-28)25(30)27-19-6-3-5-18(15-19)22-9-4-14-32-22/h1-9,14-17H,10-13H2,(H,27,30). The Bertz CT molecular complexity index is 1360. The number of carbonyl (C=O) groups excluding carboxylic acids is 2. The number of anilines is 1. The molecule has 2 aromatic carbocycles. The number of carbonyl (C=O) groups is 2. The zero-order valence-corrected chi connectivity index (χ0v) is 17.8. The van der Waals surface area contributed by atoms with Crippen LogP contribution in [0.3, 0.4) is 0 Å². The Morgan fingerprint density at radius 1 is 0.939 bits per heavy atom. The number of benzene rings is 2. The van der Waals surface area contributed by atoms with Gasteiger partial charge in [-0.3, -0.25) is 14.4 Å². The van der Waals surface area contributed by atoms with E-state index in [1.54, 1.807) is 35.4 Å². The molecule has 7 nitrogen and oxygen atoms in total. The average molecular weight is 442 g/mol. The first-order valence-electron chi connectivity index (χ1n) is 10.9. The topological polar surface area (TPSA) is 92.8 Å². The molecule has 1 fully saturated rings. The number of hydrogen-bond donors (Lipinski definition) is 1. The van der Waals surface area contributed by atoms with Crippen LogP contribution in [0.5, 0.6) is 0 Å². The second-order valence-electron chi connectivity index (χ2n) is 8.08. The lowest BCUT2D eigenvalue weighted by molar-refractivity contribution is -0.121. The summed E-state index contributed by atoms with van der Waals surface area (Å²) >= 11 is 0. The van der Waals surface area contributed by atoms with Gasteiger partial charge in [0.2, 0.25) is 5.91 Å². The van der Waals surface area contributed by atoms with Gasteiger partial charge in [-0.25, -0.2) is 0 Å². The fourth-order valence-electron chi connectivity index (χ4n) is 4.15. The maximum absolute atomic E-state index is 12.9. The summed E-state index contributed by atoms with van der Waals surface area (Å²) in [5.41, 5.74) is 1.73. The lowest BCUT2D eigenvalue weighted by atomic mass is 9.95. The molecule has 5 rings (SSSR count). The predicted octanol–water partition coefficient (Wildman–Crippen LogP) is 4.54. The first-order chi connectivity index (χ1) is 16.1. The number of hydrogen-bond acceptors (Lipinski definition) is 5. The van der Waals surface area contributed by atoms with Crippen LogP contribution in [0.1, 0.15) is 23.4 Å². The monoisotopic (exact) mass is 442 g/mol. The highest BCUT2D eigenvalue weighted by Crippen LogP contribution is 2.25. The van der Waals surface area contributed by atoms with Crippen molar-refractivity contribution in [2.45, 2.75) is 12.8 Å². The van der Waals surface area contributed by atoms with Crippen LogP contribution in [0.15, 0.2) is 86.6 Å². The van der Waals surface area contributed by atoms with E-state index in [4.69, 9.17) is 8.83 Å². The van der Waals surface area contributed by atoms with Gasteiger partial charge in [-0.1, -0.05) is 24.3 Å². The minimum atomic E-state index is -0.331. The maximum Gasteiger partial charge on any atom is 0.289 e. The molecule has 4 aromatic rings. The third-order valence-electron chi connectivity index (χ3n) is 5.93. The van der Waals surface area contributed by atoms with E-state index in [1.807, 2.05) is 36.4 Å². The minimum Gasteiger partial charge on any atom is -0.464 e. The van der Waals surface area contributed by atoms with Crippen molar-refractivity contribution in [3.05, 3.63) is 89.0 Å². The number of amides is 2. The van der Waals surface area contributed by atoms with Crippen LogP contribution in [0.2, 0.25) is 0 Å². The molecule has 0 spiro atoms. The maximum atomic E-state index is 12.9. The van der Waals surface area contributed by atoms with Crippen molar-refractivity contribution in [1.82, 2.24) is 4.90 Å². The Kier molecular flexibility index (Phi) is 5.52. The molecule has 1 saturated heterocycles. The molecule has 1 N–H and O–H groups in total. The first kappa shape index (κ1) is 20.8. The first-order valence-corrected chi connectivity index (χ1v) is 10.9. The average Bonchev–Trinajstić information content (AvgIpc) is 3.39. The van der Waals surface area contributed by atoms with Crippen LogP contribution >= 0.6 is 0 Å². The third kappa shape index (κ3) is 4.30. The molecule has 0 atom stereocenters. The van der Waals surface area contributed by atoms with Gasteiger partial charge in [-0.05, 0) is 49.2 Å². The highest BCUT2D eigenvalue weighted by Gasteiger charge is 2.29. The molecule has 7 heteroatoms. The van der Waals surface area contributed by atoms with Gasteiger partial charge in [0.15, 0.2) is 11.2 Å². The lowest BCUT2D eigenvalue weighted by Gasteiger charge is -2.31. The van der Waals surface area contributed by atoms with Gasteiger partial charge in [0.05, 0.1) is 11.6 Å². The highest BCUT2D eigenvalue weighted by molar-refractivity contribution is 5.95.